The average molecular weight is 306 g/mol. The molecular formula is C14H9Cl2N3O. The van der Waals surface area contributed by atoms with Crippen molar-refractivity contribution in [3.8, 4) is 0 Å². The normalized spacial score (nSPS) is 10.9. The van der Waals surface area contributed by atoms with Crippen LogP contribution in [0.15, 0.2) is 36.8 Å². The van der Waals surface area contributed by atoms with Gasteiger partial charge in [0.05, 0.1) is 10.0 Å². The van der Waals surface area contributed by atoms with Gasteiger partial charge < -0.3 is 10.7 Å². The molecule has 6 heteroatoms. The second kappa shape index (κ2) is 4.81. The Morgan fingerprint density at radius 1 is 1.25 bits per heavy atom. The maximum Gasteiger partial charge on any atom is 0.196 e. The molecule has 0 aliphatic rings. The summed E-state index contributed by atoms with van der Waals surface area (Å²) in [6.07, 6.45) is 4.90. The van der Waals surface area contributed by atoms with Gasteiger partial charge in [-0.25, -0.2) is 0 Å². The van der Waals surface area contributed by atoms with Gasteiger partial charge in [-0.05, 0) is 18.2 Å². The number of nitrogens with one attached hydrogen (secondary N) is 1. The Labute approximate surface area is 124 Å². The summed E-state index contributed by atoms with van der Waals surface area (Å²) in [7, 11) is 0. The number of rotatable bonds is 2. The molecule has 0 spiro atoms. The fourth-order valence-corrected chi connectivity index (χ4v) is 2.49. The Balaban J connectivity index is 2.18. The number of nitrogens with zero attached hydrogens (tertiary/aromatic N) is 1. The van der Waals surface area contributed by atoms with Crippen LogP contribution >= 0.6 is 23.2 Å². The van der Waals surface area contributed by atoms with E-state index < -0.39 is 0 Å². The van der Waals surface area contributed by atoms with E-state index >= 15 is 0 Å². The van der Waals surface area contributed by atoms with Crippen molar-refractivity contribution in [3.63, 3.8) is 0 Å². The number of fused-ring (bicyclic) bond motifs is 1. The first-order chi connectivity index (χ1) is 9.58. The van der Waals surface area contributed by atoms with Gasteiger partial charge in [0.1, 0.15) is 0 Å². The minimum atomic E-state index is -0.247. The van der Waals surface area contributed by atoms with Crippen LogP contribution in [0.4, 0.5) is 5.69 Å². The fourth-order valence-electron chi connectivity index (χ4n) is 2.07. The van der Waals surface area contributed by atoms with Gasteiger partial charge in [0.15, 0.2) is 5.78 Å². The predicted molar refractivity (Wildman–Crippen MR) is 80.4 cm³/mol. The van der Waals surface area contributed by atoms with Crippen molar-refractivity contribution in [2.75, 3.05) is 5.73 Å². The molecule has 3 N–H and O–H groups in total. The number of ketones is 1. The molecule has 20 heavy (non-hydrogen) atoms. The van der Waals surface area contributed by atoms with Gasteiger partial charge in [0, 0.05) is 46.3 Å². The summed E-state index contributed by atoms with van der Waals surface area (Å²) >= 11 is 12.1. The van der Waals surface area contributed by atoms with E-state index in [1.165, 1.54) is 12.1 Å². The molecule has 3 rings (SSSR count). The first kappa shape index (κ1) is 13.0. The Hall–Kier alpha value is -2.04. The smallest absolute Gasteiger partial charge is 0.196 e. The molecule has 0 radical (unpaired) electrons. The summed E-state index contributed by atoms with van der Waals surface area (Å²) in [6.45, 7) is 0. The van der Waals surface area contributed by atoms with E-state index in [-0.39, 0.29) is 21.4 Å². The zero-order valence-electron chi connectivity index (χ0n) is 10.2. The largest absolute Gasteiger partial charge is 0.399 e. The van der Waals surface area contributed by atoms with Gasteiger partial charge in [-0.15, -0.1) is 0 Å². The molecule has 0 unspecified atom stereocenters. The number of H-pyrrole nitrogens is 1. The number of nitrogen functional groups attached to an aromatic ring is 1. The summed E-state index contributed by atoms with van der Waals surface area (Å²) in [6, 6.07) is 4.82. The van der Waals surface area contributed by atoms with Crippen molar-refractivity contribution in [1.82, 2.24) is 9.97 Å². The molecule has 0 aliphatic heterocycles. The second-order valence-corrected chi connectivity index (χ2v) is 5.10. The molecule has 1 aromatic carbocycles. The van der Waals surface area contributed by atoms with E-state index in [1.807, 2.05) is 0 Å². The minimum Gasteiger partial charge on any atom is -0.399 e. The van der Waals surface area contributed by atoms with Crippen molar-refractivity contribution >= 4 is 45.6 Å². The molecular weight excluding hydrogens is 297 g/mol. The lowest BCUT2D eigenvalue weighted by Gasteiger charge is -2.06. The Morgan fingerprint density at radius 2 is 2.05 bits per heavy atom. The highest BCUT2D eigenvalue weighted by Gasteiger charge is 2.19. The van der Waals surface area contributed by atoms with Gasteiger partial charge in [-0.2, -0.15) is 0 Å². The molecule has 0 bridgehead atoms. The maximum absolute atomic E-state index is 12.6. The van der Waals surface area contributed by atoms with Gasteiger partial charge >= 0.3 is 0 Å². The van der Waals surface area contributed by atoms with E-state index in [1.54, 1.807) is 24.7 Å². The molecule has 0 saturated heterocycles. The second-order valence-electron chi connectivity index (χ2n) is 4.32. The molecule has 0 amide bonds. The van der Waals surface area contributed by atoms with Crippen molar-refractivity contribution in [3.05, 3.63) is 58.0 Å². The van der Waals surface area contributed by atoms with Gasteiger partial charge in [0.25, 0.3) is 0 Å². The lowest BCUT2D eigenvalue weighted by molar-refractivity contribution is 0.104. The van der Waals surface area contributed by atoms with E-state index in [9.17, 15) is 4.79 Å². The lowest BCUT2D eigenvalue weighted by atomic mass is 10.0. The molecule has 3 aromatic rings. The van der Waals surface area contributed by atoms with Crippen LogP contribution < -0.4 is 5.73 Å². The summed E-state index contributed by atoms with van der Waals surface area (Å²) in [4.78, 5) is 19.6. The highest BCUT2D eigenvalue weighted by atomic mass is 35.5. The molecule has 0 saturated carbocycles. The molecule has 4 nitrogen and oxygen atoms in total. The summed E-state index contributed by atoms with van der Waals surface area (Å²) in [5.74, 6) is -0.247. The van der Waals surface area contributed by atoms with Crippen LogP contribution in [0, 0.1) is 0 Å². The third-order valence-corrected chi connectivity index (χ3v) is 3.83. The molecule has 2 aromatic heterocycles. The zero-order valence-corrected chi connectivity index (χ0v) is 11.7. The minimum absolute atomic E-state index is 0.198. The number of carbonyl (C=O) groups is 1. The van der Waals surface area contributed by atoms with Crippen LogP contribution in [0.2, 0.25) is 10.0 Å². The number of pyridine rings is 1. The number of anilines is 1. The van der Waals surface area contributed by atoms with Crippen LogP contribution in [0.5, 0.6) is 0 Å². The van der Waals surface area contributed by atoms with Crippen LogP contribution in [-0.4, -0.2) is 15.8 Å². The van der Waals surface area contributed by atoms with E-state index in [2.05, 4.69) is 9.97 Å². The highest BCUT2D eigenvalue weighted by molar-refractivity contribution is 6.44. The third kappa shape index (κ3) is 2.03. The number of carbonyl (C=O) groups excluding carboxylic acids is 1. The number of nitrogens with two attached hydrogens (primary N) is 1. The summed E-state index contributed by atoms with van der Waals surface area (Å²) in [5.41, 5.74) is 7.70. The monoisotopic (exact) mass is 305 g/mol. The maximum atomic E-state index is 12.6. The quantitative estimate of drug-likeness (QED) is 0.560. The van der Waals surface area contributed by atoms with Gasteiger partial charge in [-0.3, -0.25) is 9.78 Å². The van der Waals surface area contributed by atoms with E-state index in [0.29, 0.717) is 11.3 Å². The number of aromatic amines is 1. The Kier molecular flexibility index (Phi) is 3.12. The van der Waals surface area contributed by atoms with Crippen LogP contribution in [0.25, 0.3) is 10.9 Å². The molecule has 0 atom stereocenters. The molecule has 100 valence electrons. The van der Waals surface area contributed by atoms with Gasteiger partial charge in [0.2, 0.25) is 0 Å². The van der Waals surface area contributed by atoms with Crippen LogP contribution in [0.1, 0.15) is 15.9 Å². The average Bonchev–Trinajstić information content (AvgIpc) is 2.86. The van der Waals surface area contributed by atoms with Crippen molar-refractivity contribution in [2.24, 2.45) is 0 Å². The van der Waals surface area contributed by atoms with Crippen LogP contribution in [0.3, 0.4) is 0 Å². The third-order valence-electron chi connectivity index (χ3n) is 3.02. The van der Waals surface area contributed by atoms with E-state index in [0.717, 1.165) is 10.9 Å². The Morgan fingerprint density at radius 3 is 2.85 bits per heavy atom. The molecule has 0 fully saturated rings. The van der Waals surface area contributed by atoms with Crippen molar-refractivity contribution < 1.29 is 4.79 Å². The summed E-state index contributed by atoms with van der Waals surface area (Å²) < 4.78 is 0. The summed E-state index contributed by atoms with van der Waals surface area (Å²) in [5, 5.41) is 1.18. The van der Waals surface area contributed by atoms with E-state index in [4.69, 9.17) is 28.9 Å². The number of halogens is 2. The lowest BCUT2D eigenvalue weighted by Crippen LogP contribution is -2.03. The topological polar surface area (TPSA) is 71.8 Å². The highest BCUT2D eigenvalue weighted by Crippen LogP contribution is 2.31. The first-order valence-corrected chi connectivity index (χ1v) is 6.54. The number of hydrogen-bond donors (Lipinski definition) is 2. The molecule has 0 aliphatic carbocycles. The Bertz CT molecular complexity index is 826. The van der Waals surface area contributed by atoms with Crippen molar-refractivity contribution in [1.29, 1.82) is 0 Å². The number of hydrogen-bond acceptors (Lipinski definition) is 3. The first-order valence-electron chi connectivity index (χ1n) is 5.78. The van der Waals surface area contributed by atoms with Gasteiger partial charge in [-0.1, -0.05) is 23.2 Å². The van der Waals surface area contributed by atoms with Crippen molar-refractivity contribution in [2.45, 2.75) is 0 Å². The number of benzene rings is 1. The predicted octanol–water partition coefficient (Wildman–Crippen LogP) is 3.68. The fraction of sp³-hybridized carbons (Fsp3) is 0. The molecule has 2 heterocycles. The SMILES string of the molecule is Nc1cc(Cl)c(Cl)c(C(=O)c2c[nH]c3ccncc23)c1. The standard InChI is InChI=1S/C14H9Cl2N3O/c15-11-4-7(17)3-8(13(11)16)14(20)10-6-19-12-1-2-18-5-9(10)12/h1-6,19H,17H2. The number of aromatic nitrogens is 2. The zero-order chi connectivity index (χ0) is 14.3. The van der Waals surface area contributed by atoms with Crippen LogP contribution in [-0.2, 0) is 0 Å².